The highest BCUT2D eigenvalue weighted by atomic mass is 19.4. The summed E-state index contributed by atoms with van der Waals surface area (Å²) in [6, 6.07) is -2.09. The van der Waals surface area contributed by atoms with E-state index < -0.39 is 66.6 Å². The zero-order valence-corrected chi connectivity index (χ0v) is 16.1. The van der Waals surface area contributed by atoms with Crippen LogP contribution in [0.25, 0.3) is 5.57 Å². The van der Waals surface area contributed by atoms with Gasteiger partial charge in [0.2, 0.25) is 5.95 Å². The van der Waals surface area contributed by atoms with Crippen molar-refractivity contribution in [3.8, 4) is 0 Å². The van der Waals surface area contributed by atoms with Crippen LogP contribution in [0.2, 0.25) is 0 Å². The molecule has 0 spiro atoms. The molecule has 6 nitrogen and oxygen atoms in total. The summed E-state index contributed by atoms with van der Waals surface area (Å²) in [4.78, 5) is 14.3. The van der Waals surface area contributed by atoms with Gasteiger partial charge in [-0.3, -0.25) is 0 Å². The van der Waals surface area contributed by atoms with Crippen molar-refractivity contribution in [1.82, 2.24) is 15.0 Å². The van der Waals surface area contributed by atoms with E-state index in [1.54, 1.807) is 0 Å². The molecule has 0 fully saturated rings. The molecule has 2 N–H and O–H groups in total. The molecular weight excluding hydrogens is 423 g/mol. The molecule has 0 amide bonds. The lowest BCUT2D eigenvalue weighted by Gasteiger charge is -2.21. The number of anilines is 1. The van der Waals surface area contributed by atoms with E-state index in [1.165, 1.54) is 13.8 Å². The molecular formula is C17H20F7N5O. The Hall–Kier alpha value is -2.31. The average molecular weight is 443 g/mol. The van der Waals surface area contributed by atoms with Gasteiger partial charge >= 0.3 is 12.4 Å². The average Bonchev–Trinajstić information content (AvgIpc) is 2.64. The molecule has 0 aliphatic heterocycles. The second-order valence-electron chi connectivity index (χ2n) is 6.57. The molecule has 1 unspecified atom stereocenters. The van der Waals surface area contributed by atoms with Gasteiger partial charge in [0.05, 0.1) is 0 Å². The maximum absolute atomic E-state index is 14.3. The van der Waals surface area contributed by atoms with Crippen molar-refractivity contribution in [3.63, 3.8) is 0 Å². The molecule has 1 aliphatic rings. The summed E-state index contributed by atoms with van der Waals surface area (Å²) in [5.41, 5.74) is -1.47. The number of aliphatic imine (C=N–C) groups is 1. The van der Waals surface area contributed by atoms with Crippen LogP contribution in [0.15, 0.2) is 10.8 Å². The molecule has 168 valence electrons. The highest BCUT2D eigenvalue weighted by molar-refractivity contribution is 5.91. The molecule has 1 aromatic rings. The number of allylic oxidation sites excluding steroid dienone is 1. The quantitative estimate of drug-likeness (QED) is 0.483. The topological polar surface area (TPSA) is 83.3 Å². The normalized spacial score (nSPS) is 19.8. The van der Waals surface area contributed by atoms with Crippen molar-refractivity contribution in [2.45, 2.75) is 70.4 Å². The third kappa shape index (κ3) is 5.86. The molecule has 0 aromatic carbocycles. The Morgan fingerprint density at radius 3 is 2.37 bits per heavy atom. The first kappa shape index (κ1) is 24.0. The number of aromatic nitrogens is 3. The number of nitrogens with one attached hydrogen (secondary N) is 1. The third-order valence-electron chi connectivity index (χ3n) is 4.38. The van der Waals surface area contributed by atoms with Crippen molar-refractivity contribution < 1.29 is 35.8 Å². The summed E-state index contributed by atoms with van der Waals surface area (Å²) in [5.74, 6) is -2.96. The summed E-state index contributed by atoms with van der Waals surface area (Å²) >= 11 is 0. The molecule has 2 atom stereocenters. The van der Waals surface area contributed by atoms with E-state index in [4.69, 9.17) is 0 Å². The first-order valence-electron chi connectivity index (χ1n) is 9.17. The summed E-state index contributed by atoms with van der Waals surface area (Å²) in [6.45, 7) is 2.43. The lowest BCUT2D eigenvalue weighted by atomic mass is 9.96. The predicted octanol–water partition coefficient (Wildman–Crippen LogP) is 4.89. The molecule has 1 aromatic heterocycles. The van der Waals surface area contributed by atoms with Crippen LogP contribution in [0.1, 0.15) is 51.8 Å². The van der Waals surface area contributed by atoms with Gasteiger partial charge in [0.15, 0.2) is 5.82 Å². The van der Waals surface area contributed by atoms with E-state index in [0.29, 0.717) is 6.42 Å². The van der Waals surface area contributed by atoms with Gasteiger partial charge in [0, 0.05) is 5.57 Å². The summed E-state index contributed by atoms with van der Waals surface area (Å²) in [5, 5.41) is 11.7. The fourth-order valence-corrected chi connectivity index (χ4v) is 2.79. The van der Waals surface area contributed by atoms with Crippen molar-refractivity contribution in [3.05, 3.63) is 11.7 Å². The fourth-order valence-electron chi connectivity index (χ4n) is 2.79. The lowest BCUT2D eigenvalue weighted by Crippen LogP contribution is -2.36. The number of hydrogen-bond donors (Lipinski definition) is 2. The Balaban J connectivity index is 2.60. The van der Waals surface area contributed by atoms with E-state index in [1.807, 2.05) is 5.32 Å². The van der Waals surface area contributed by atoms with Crippen LogP contribution in [0.4, 0.5) is 42.6 Å². The number of nitrogens with zero attached hydrogens (tertiary/aromatic N) is 4. The van der Waals surface area contributed by atoms with E-state index >= 15 is 0 Å². The minimum absolute atomic E-state index is 0.0475. The first-order valence-corrected chi connectivity index (χ1v) is 9.17. The van der Waals surface area contributed by atoms with Gasteiger partial charge in [-0.15, -0.1) is 0 Å². The highest BCUT2D eigenvalue weighted by Gasteiger charge is 2.39. The fraction of sp³-hybridized carbons (Fsp3) is 0.647. The first-order chi connectivity index (χ1) is 13.9. The smallest absolute Gasteiger partial charge is 0.386 e. The minimum Gasteiger partial charge on any atom is -0.386 e. The van der Waals surface area contributed by atoms with Gasteiger partial charge in [-0.1, -0.05) is 13.8 Å². The van der Waals surface area contributed by atoms with Crippen LogP contribution in [-0.4, -0.2) is 50.3 Å². The van der Waals surface area contributed by atoms with Crippen LogP contribution < -0.4 is 5.32 Å². The summed E-state index contributed by atoms with van der Waals surface area (Å²) < 4.78 is 92.7. The van der Waals surface area contributed by atoms with Crippen LogP contribution in [-0.2, 0) is 0 Å². The molecule has 2 rings (SSSR count). The standard InChI is InChI=1S/C17H20F7N5O/c1-3-10(16(19,20)21)25-14-27-13(8-6-5-7-9(30)12(8)18)28-15(29-14)26-11(4-2)17(22,23)24/h9-10,30H,3-7H2,1-2H3,(H,25,27,28,29)/b26-11-/t9?,10-/m1/s1. The second kappa shape index (κ2) is 9.23. The van der Waals surface area contributed by atoms with Gasteiger partial charge < -0.3 is 10.4 Å². The van der Waals surface area contributed by atoms with Crippen LogP contribution in [0.3, 0.4) is 0 Å². The van der Waals surface area contributed by atoms with Crippen molar-refractivity contribution >= 4 is 23.2 Å². The van der Waals surface area contributed by atoms with Gasteiger partial charge in [-0.05, 0) is 32.1 Å². The second-order valence-corrected chi connectivity index (χ2v) is 6.57. The Bertz CT molecular complexity index is 820. The molecule has 0 radical (unpaired) electrons. The minimum atomic E-state index is -4.81. The van der Waals surface area contributed by atoms with Crippen LogP contribution in [0.5, 0.6) is 0 Å². The van der Waals surface area contributed by atoms with Gasteiger partial charge in [-0.2, -0.15) is 41.3 Å². The Labute approximate surface area is 167 Å². The summed E-state index contributed by atoms with van der Waals surface area (Å²) in [7, 11) is 0. The highest BCUT2D eigenvalue weighted by Crippen LogP contribution is 2.33. The number of hydrogen-bond acceptors (Lipinski definition) is 6. The maximum atomic E-state index is 14.3. The van der Waals surface area contributed by atoms with Gasteiger partial charge in [0.1, 0.15) is 23.7 Å². The maximum Gasteiger partial charge on any atom is 0.429 e. The van der Waals surface area contributed by atoms with Crippen molar-refractivity contribution in [2.75, 3.05) is 5.32 Å². The SMILES string of the molecule is CC/C(=N/c1nc(N[C@H](CC)C(F)(F)F)nc(C2=C(F)C(O)CCC2)n1)C(F)(F)F. The number of alkyl halides is 6. The molecule has 0 saturated heterocycles. The van der Waals surface area contributed by atoms with Gasteiger partial charge in [-0.25, -0.2) is 9.38 Å². The Morgan fingerprint density at radius 2 is 1.83 bits per heavy atom. The van der Waals surface area contributed by atoms with Crippen molar-refractivity contribution in [1.29, 1.82) is 0 Å². The van der Waals surface area contributed by atoms with E-state index in [2.05, 4.69) is 19.9 Å². The molecule has 0 bridgehead atoms. The summed E-state index contributed by atoms with van der Waals surface area (Å²) in [6.07, 6.45) is -11.4. The van der Waals surface area contributed by atoms with E-state index in [9.17, 15) is 35.8 Å². The van der Waals surface area contributed by atoms with Crippen LogP contribution >= 0.6 is 0 Å². The van der Waals surface area contributed by atoms with Gasteiger partial charge in [0.25, 0.3) is 5.95 Å². The number of aliphatic hydroxyl groups excluding tert-OH is 1. The Kier molecular flexibility index (Phi) is 7.37. The van der Waals surface area contributed by atoms with E-state index in [0.717, 1.165) is 0 Å². The monoisotopic (exact) mass is 443 g/mol. The van der Waals surface area contributed by atoms with Crippen LogP contribution in [0, 0.1) is 0 Å². The molecule has 13 heteroatoms. The molecule has 1 aliphatic carbocycles. The molecule has 30 heavy (non-hydrogen) atoms. The number of halogens is 7. The lowest BCUT2D eigenvalue weighted by molar-refractivity contribution is -0.143. The van der Waals surface area contributed by atoms with E-state index in [-0.39, 0.29) is 18.4 Å². The molecule has 0 saturated carbocycles. The molecule has 1 heterocycles. The largest absolute Gasteiger partial charge is 0.429 e. The predicted molar refractivity (Wildman–Crippen MR) is 94.9 cm³/mol. The van der Waals surface area contributed by atoms with Crippen molar-refractivity contribution in [2.24, 2.45) is 4.99 Å². The number of rotatable bonds is 6. The number of aliphatic hydroxyl groups is 1. The zero-order valence-electron chi connectivity index (χ0n) is 16.1. The third-order valence-corrected chi connectivity index (χ3v) is 4.38. The zero-order chi connectivity index (χ0) is 22.7. The Morgan fingerprint density at radius 1 is 1.17 bits per heavy atom.